The molecule has 3 nitrogen and oxygen atoms in total. The summed E-state index contributed by atoms with van der Waals surface area (Å²) >= 11 is 0. The monoisotopic (exact) mass is 347 g/mol. The quantitative estimate of drug-likeness (QED) is 0.910. The van der Waals surface area contributed by atoms with Gasteiger partial charge < -0.3 is 9.84 Å². The van der Waals surface area contributed by atoms with E-state index in [1.807, 2.05) is 24.3 Å². The largest absolute Gasteiger partial charge is 0.497 e. The van der Waals surface area contributed by atoms with Gasteiger partial charge in [0.2, 0.25) is 0 Å². The average molecular weight is 348 g/mol. The third-order valence-corrected chi connectivity index (χ3v) is 4.84. The van der Waals surface area contributed by atoms with Gasteiger partial charge in [-0.25, -0.2) is 0 Å². The van der Waals surface area contributed by atoms with Crippen LogP contribution in [0.25, 0.3) is 0 Å². The van der Waals surface area contributed by atoms with Gasteiger partial charge in [-0.15, -0.1) is 12.4 Å². The number of ether oxygens (including phenoxy) is 1. The molecule has 0 amide bonds. The molecular formula is C20H26ClNO2. The lowest BCUT2D eigenvalue weighted by Gasteiger charge is -2.38. The SMILES string of the molecule is COc1ccc(C2(O)CCN(Cc3ccc(C)cc3)CC2)cc1.Cl. The van der Waals surface area contributed by atoms with Gasteiger partial charge in [-0.3, -0.25) is 4.90 Å². The van der Waals surface area contributed by atoms with Crippen molar-refractivity contribution in [3.8, 4) is 5.75 Å². The molecular weight excluding hydrogens is 322 g/mol. The molecule has 1 saturated heterocycles. The van der Waals surface area contributed by atoms with E-state index in [9.17, 15) is 5.11 Å². The molecule has 130 valence electrons. The van der Waals surface area contributed by atoms with Crippen LogP contribution in [0.5, 0.6) is 5.75 Å². The number of aliphatic hydroxyl groups is 1. The van der Waals surface area contributed by atoms with E-state index in [4.69, 9.17) is 4.74 Å². The van der Waals surface area contributed by atoms with Crippen LogP contribution < -0.4 is 4.74 Å². The van der Waals surface area contributed by atoms with Crippen LogP contribution in [-0.4, -0.2) is 30.2 Å². The molecule has 0 radical (unpaired) electrons. The molecule has 1 N–H and O–H groups in total. The molecule has 1 aliphatic heterocycles. The van der Waals surface area contributed by atoms with Gasteiger partial charge in [0.25, 0.3) is 0 Å². The number of hydrogen-bond acceptors (Lipinski definition) is 3. The first-order chi connectivity index (χ1) is 11.1. The zero-order valence-corrected chi connectivity index (χ0v) is 15.2. The summed E-state index contributed by atoms with van der Waals surface area (Å²) in [5, 5.41) is 11.0. The smallest absolute Gasteiger partial charge is 0.118 e. The summed E-state index contributed by atoms with van der Waals surface area (Å²) in [6.45, 7) is 4.89. The van der Waals surface area contributed by atoms with Crippen LogP contribution in [0.2, 0.25) is 0 Å². The second kappa shape index (κ2) is 8.02. The first-order valence-electron chi connectivity index (χ1n) is 8.24. The number of aryl methyl sites for hydroxylation is 1. The first kappa shape index (κ1) is 18.8. The van der Waals surface area contributed by atoms with Crippen molar-refractivity contribution in [2.45, 2.75) is 31.9 Å². The number of methoxy groups -OCH3 is 1. The Kier molecular flexibility index (Phi) is 6.27. The molecule has 4 heteroatoms. The summed E-state index contributed by atoms with van der Waals surface area (Å²) < 4.78 is 5.19. The highest BCUT2D eigenvalue weighted by atomic mass is 35.5. The zero-order chi connectivity index (χ0) is 16.3. The summed E-state index contributed by atoms with van der Waals surface area (Å²) in [6.07, 6.45) is 1.54. The maximum absolute atomic E-state index is 11.0. The number of piperidine rings is 1. The van der Waals surface area contributed by atoms with E-state index in [0.717, 1.165) is 43.8 Å². The Labute approximate surface area is 150 Å². The van der Waals surface area contributed by atoms with E-state index in [0.29, 0.717) is 0 Å². The summed E-state index contributed by atoms with van der Waals surface area (Å²) in [7, 11) is 1.66. The lowest BCUT2D eigenvalue weighted by Crippen LogP contribution is -2.42. The molecule has 1 fully saturated rings. The number of likely N-dealkylation sites (tertiary alicyclic amines) is 1. The molecule has 0 aliphatic carbocycles. The van der Waals surface area contributed by atoms with E-state index < -0.39 is 5.60 Å². The van der Waals surface area contributed by atoms with Gasteiger partial charge in [0.15, 0.2) is 0 Å². The molecule has 0 spiro atoms. The highest BCUT2D eigenvalue weighted by Gasteiger charge is 2.33. The molecule has 0 atom stereocenters. The second-order valence-corrected chi connectivity index (χ2v) is 6.52. The third-order valence-electron chi connectivity index (χ3n) is 4.84. The predicted octanol–water partition coefficient (Wildman–Crippen LogP) is 3.91. The fourth-order valence-corrected chi connectivity index (χ4v) is 3.22. The topological polar surface area (TPSA) is 32.7 Å². The Hall–Kier alpha value is -1.55. The molecule has 3 rings (SSSR count). The Balaban J connectivity index is 0.00000208. The van der Waals surface area contributed by atoms with Crippen molar-refractivity contribution in [2.75, 3.05) is 20.2 Å². The molecule has 0 aromatic heterocycles. The summed E-state index contributed by atoms with van der Waals surface area (Å²) in [5.74, 6) is 0.828. The minimum atomic E-state index is -0.712. The van der Waals surface area contributed by atoms with Crippen LogP contribution in [0.4, 0.5) is 0 Å². The standard InChI is InChI=1S/C20H25NO2.ClH/c1-16-3-5-17(6-4-16)15-21-13-11-20(22,12-14-21)18-7-9-19(23-2)10-8-18;/h3-10,22H,11-15H2,1-2H3;1H. The summed E-state index contributed by atoms with van der Waals surface area (Å²) in [6, 6.07) is 16.5. The van der Waals surface area contributed by atoms with Crippen LogP contribution in [-0.2, 0) is 12.1 Å². The maximum Gasteiger partial charge on any atom is 0.118 e. The highest BCUT2D eigenvalue weighted by Crippen LogP contribution is 2.34. The molecule has 2 aromatic rings. The van der Waals surface area contributed by atoms with Gasteiger partial charge in [-0.05, 0) is 43.0 Å². The summed E-state index contributed by atoms with van der Waals surface area (Å²) in [5.41, 5.74) is 2.91. The predicted molar refractivity (Wildman–Crippen MR) is 99.8 cm³/mol. The van der Waals surface area contributed by atoms with E-state index in [-0.39, 0.29) is 12.4 Å². The average Bonchev–Trinajstić information content (AvgIpc) is 2.59. The van der Waals surface area contributed by atoms with Crippen molar-refractivity contribution in [1.82, 2.24) is 4.90 Å². The van der Waals surface area contributed by atoms with Crippen molar-refractivity contribution in [3.05, 3.63) is 65.2 Å². The summed E-state index contributed by atoms with van der Waals surface area (Å²) in [4.78, 5) is 2.42. The molecule has 2 aromatic carbocycles. The van der Waals surface area contributed by atoms with Gasteiger partial charge >= 0.3 is 0 Å². The Morgan fingerprint density at radius 2 is 1.58 bits per heavy atom. The first-order valence-corrected chi connectivity index (χ1v) is 8.24. The van der Waals surface area contributed by atoms with Gasteiger partial charge in [0.1, 0.15) is 5.75 Å². The van der Waals surface area contributed by atoms with E-state index in [2.05, 4.69) is 36.1 Å². The molecule has 1 aliphatic rings. The highest BCUT2D eigenvalue weighted by molar-refractivity contribution is 5.85. The molecule has 24 heavy (non-hydrogen) atoms. The molecule has 1 heterocycles. The van der Waals surface area contributed by atoms with E-state index >= 15 is 0 Å². The minimum Gasteiger partial charge on any atom is -0.497 e. The Morgan fingerprint density at radius 3 is 2.12 bits per heavy atom. The number of benzene rings is 2. The van der Waals surface area contributed by atoms with Crippen LogP contribution in [0.3, 0.4) is 0 Å². The van der Waals surface area contributed by atoms with Crippen molar-refractivity contribution >= 4 is 12.4 Å². The van der Waals surface area contributed by atoms with Crippen LogP contribution in [0.15, 0.2) is 48.5 Å². The molecule has 0 unspecified atom stereocenters. The maximum atomic E-state index is 11.0. The van der Waals surface area contributed by atoms with Crippen molar-refractivity contribution in [3.63, 3.8) is 0 Å². The van der Waals surface area contributed by atoms with Crippen LogP contribution >= 0.6 is 12.4 Å². The number of rotatable bonds is 4. The minimum absolute atomic E-state index is 0. The van der Waals surface area contributed by atoms with Crippen LogP contribution in [0.1, 0.15) is 29.5 Å². The molecule has 0 bridgehead atoms. The fraction of sp³-hybridized carbons (Fsp3) is 0.400. The normalized spacial score (nSPS) is 17.1. The van der Waals surface area contributed by atoms with Crippen molar-refractivity contribution in [2.24, 2.45) is 0 Å². The number of halogens is 1. The van der Waals surface area contributed by atoms with Crippen LogP contribution in [0, 0.1) is 6.92 Å². The third kappa shape index (κ3) is 4.29. The lowest BCUT2D eigenvalue weighted by molar-refractivity contribution is -0.0277. The van der Waals surface area contributed by atoms with Gasteiger partial charge in [0.05, 0.1) is 12.7 Å². The zero-order valence-electron chi connectivity index (χ0n) is 14.4. The number of hydrogen-bond donors (Lipinski definition) is 1. The van der Waals surface area contributed by atoms with E-state index in [1.54, 1.807) is 7.11 Å². The van der Waals surface area contributed by atoms with Gasteiger partial charge in [-0.2, -0.15) is 0 Å². The second-order valence-electron chi connectivity index (χ2n) is 6.52. The van der Waals surface area contributed by atoms with Gasteiger partial charge in [0, 0.05) is 19.6 Å². The van der Waals surface area contributed by atoms with E-state index in [1.165, 1.54) is 11.1 Å². The van der Waals surface area contributed by atoms with Gasteiger partial charge in [-0.1, -0.05) is 42.0 Å². The molecule has 0 saturated carbocycles. The van der Waals surface area contributed by atoms with Crippen molar-refractivity contribution in [1.29, 1.82) is 0 Å². The number of nitrogens with zero attached hydrogens (tertiary/aromatic N) is 1. The Bertz CT molecular complexity index is 632. The van der Waals surface area contributed by atoms with Crippen molar-refractivity contribution < 1.29 is 9.84 Å². The lowest BCUT2D eigenvalue weighted by atomic mass is 9.84. The fourth-order valence-electron chi connectivity index (χ4n) is 3.22. The Morgan fingerprint density at radius 1 is 1.00 bits per heavy atom.